The van der Waals surface area contributed by atoms with E-state index in [-0.39, 0.29) is 17.7 Å². The molecule has 1 aromatic carbocycles. The summed E-state index contributed by atoms with van der Waals surface area (Å²) in [4.78, 5) is 37.5. The molecule has 106 valence electrons. The minimum absolute atomic E-state index is 0.117. The first-order valence-electron chi connectivity index (χ1n) is 6.00. The summed E-state index contributed by atoms with van der Waals surface area (Å²) in [6.45, 7) is 1.82. The zero-order chi connectivity index (χ0) is 14.9. The van der Waals surface area contributed by atoms with Crippen molar-refractivity contribution in [2.45, 2.75) is 12.3 Å². The molecule has 1 aromatic rings. The molecule has 2 rings (SSSR count). The molecule has 1 heterocycles. The maximum atomic E-state index is 12.1. The molecular weight excluding hydrogens is 278 g/mol. The number of hydrogen-bond donors (Lipinski definition) is 1. The molecule has 1 aliphatic heterocycles. The normalized spacial score (nSPS) is 18.5. The van der Waals surface area contributed by atoms with Crippen molar-refractivity contribution in [3.05, 3.63) is 29.8 Å². The van der Waals surface area contributed by atoms with Crippen LogP contribution in [-0.2, 0) is 9.59 Å². The number of nitrogens with zero attached hydrogens (tertiary/aromatic N) is 2. The van der Waals surface area contributed by atoms with Crippen LogP contribution in [0.1, 0.15) is 5.56 Å². The second kappa shape index (κ2) is 5.54. The van der Waals surface area contributed by atoms with Crippen molar-refractivity contribution in [1.29, 1.82) is 0 Å². The Kier molecular flexibility index (Phi) is 3.99. The third-order valence-corrected chi connectivity index (χ3v) is 4.16. The fraction of sp³-hybridized carbons (Fsp3) is 0.308. The van der Waals surface area contributed by atoms with E-state index in [1.807, 2.05) is 19.1 Å². The minimum Gasteiger partial charge on any atom is -0.368 e. The summed E-state index contributed by atoms with van der Waals surface area (Å²) in [6, 6.07) is 7.35. The summed E-state index contributed by atoms with van der Waals surface area (Å²) in [5.41, 5.74) is 6.99. The quantitative estimate of drug-likeness (QED) is 0.893. The Bertz CT molecular complexity index is 558. The van der Waals surface area contributed by atoms with Crippen LogP contribution in [-0.4, -0.2) is 40.9 Å². The Labute approximate surface area is 120 Å². The van der Waals surface area contributed by atoms with Gasteiger partial charge in [-0.1, -0.05) is 17.7 Å². The number of amides is 3. The monoisotopic (exact) mass is 293 g/mol. The van der Waals surface area contributed by atoms with Gasteiger partial charge in [0.05, 0.1) is 6.54 Å². The van der Waals surface area contributed by atoms with Crippen molar-refractivity contribution >= 4 is 34.5 Å². The van der Waals surface area contributed by atoms with E-state index in [9.17, 15) is 14.4 Å². The van der Waals surface area contributed by atoms with Gasteiger partial charge in [-0.25, -0.2) is 0 Å². The molecule has 0 spiro atoms. The number of imide groups is 1. The lowest BCUT2D eigenvalue weighted by molar-refractivity contribution is -0.125. The molecule has 0 saturated carbocycles. The maximum absolute atomic E-state index is 12.1. The summed E-state index contributed by atoms with van der Waals surface area (Å²) >= 11 is 0.886. The van der Waals surface area contributed by atoms with Crippen LogP contribution in [0.25, 0.3) is 0 Å². The van der Waals surface area contributed by atoms with E-state index >= 15 is 0 Å². The predicted octanol–water partition coefficient (Wildman–Crippen LogP) is 0.938. The molecule has 0 aromatic heterocycles. The summed E-state index contributed by atoms with van der Waals surface area (Å²) in [6.07, 6.45) is 0. The molecule has 3 amide bonds. The molecule has 1 atom stereocenters. The first kappa shape index (κ1) is 14.4. The van der Waals surface area contributed by atoms with Gasteiger partial charge in [0, 0.05) is 12.7 Å². The van der Waals surface area contributed by atoms with E-state index in [4.69, 9.17) is 5.73 Å². The molecular formula is C13H15N3O3S. The second-order valence-electron chi connectivity index (χ2n) is 4.56. The zero-order valence-electron chi connectivity index (χ0n) is 11.2. The molecule has 20 heavy (non-hydrogen) atoms. The highest BCUT2D eigenvalue weighted by molar-refractivity contribution is 8.15. The lowest BCUT2D eigenvalue weighted by Crippen LogP contribution is -2.44. The molecule has 7 heteroatoms. The van der Waals surface area contributed by atoms with Crippen molar-refractivity contribution in [2.75, 3.05) is 18.5 Å². The van der Waals surface area contributed by atoms with Crippen LogP contribution in [0.2, 0.25) is 0 Å². The van der Waals surface area contributed by atoms with E-state index < -0.39 is 11.3 Å². The van der Waals surface area contributed by atoms with E-state index in [0.717, 1.165) is 22.2 Å². The molecule has 2 N–H and O–H groups in total. The number of nitrogens with two attached hydrogens (primary N) is 1. The van der Waals surface area contributed by atoms with Crippen LogP contribution in [0, 0.1) is 6.92 Å². The van der Waals surface area contributed by atoms with Gasteiger partial charge in [0.15, 0.2) is 5.37 Å². The Morgan fingerprint density at radius 2 is 1.95 bits per heavy atom. The number of benzene rings is 1. The third-order valence-electron chi connectivity index (χ3n) is 3.00. The number of thioether (sulfide) groups is 1. The second-order valence-corrected chi connectivity index (χ2v) is 5.59. The van der Waals surface area contributed by atoms with Crippen LogP contribution < -0.4 is 10.6 Å². The lowest BCUT2D eigenvalue weighted by atomic mass is 10.2. The summed E-state index contributed by atoms with van der Waals surface area (Å²) in [5, 5.41) is -1.08. The van der Waals surface area contributed by atoms with E-state index in [2.05, 4.69) is 0 Å². The molecule has 1 aliphatic rings. The van der Waals surface area contributed by atoms with Crippen LogP contribution in [0.4, 0.5) is 10.5 Å². The summed E-state index contributed by atoms with van der Waals surface area (Å²) < 4.78 is 0. The standard InChI is InChI=1S/C13H15N3O3S/c1-8-3-5-9(6-4-8)16(7-10(14)17)12-11(18)15(2)13(19)20-12/h3-6,12H,7H2,1-2H3,(H2,14,17)/t12-/m0/s1. The van der Waals surface area contributed by atoms with Gasteiger partial charge in [-0.05, 0) is 30.8 Å². The topological polar surface area (TPSA) is 83.7 Å². The third kappa shape index (κ3) is 2.77. The smallest absolute Gasteiger partial charge is 0.290 e. The summed E-state index contributed by atoms with van der Waals surface area (Å²) in [7, 11) is 1.43. The lowest BCUT2D eigenvalue weighted by Gasteiger charge is -2.27. The molecule has 6 nitrogen and oxygen atoms in total. The number of carbonyl (C=O) groups excluding carboxylic acids is 3. The first-order chi connectivity index (χ1) is 9.40. The Balaban J connectivity index is 2.33. The largest absolute Gasteiger partial charge is 0.368 e. The Morgan fingerprint density at radius 1 is 1.35 bits per heavy atom. The van der Waals surface area contributed by atoms with E-state index in [1.165, 1.54) is 7.05 Å². The van der Waals surface area contributed by atoms with E-state index in [1.54, 1.807) is 17.0 Å². The van der Waals surface area contributed by atoms with E-state index in [0.29, 0.717) is 5.69 Å². The average molecular weight is 293 g/mol. The fourth-order valence-corrected chi connectivity index (χ4v) is 2.91. The van der Waals surface area contributed by atoms with Crippen LogP contribution in [0.15, 0.2) is 24.3 Å². The van der Waals surface area contributed by atoms with Gasteiger partial charge in [0.25, 0.3) is 11.1 Å². The van der Waals surface area contributed by atoms with Crippen molar-refractivity contribution in [3.63, 3.8) is 0 Å². The van der Waals surface area contributed by atoms with Crippen molar-refractivity contribution in [2.24, 2.45) is 5.73 Å². The minimum atomic E-state index is -0.747. The van der Waals surface area contributed by atoms with Gasteiger partial charge < -0.3 is 10.6 Å². The number of hydrogen-bond acceptors (Lipinski definition) is 5. The van der Waals surface area contributed by atoms with Gasteiger partial charge in [0.1, 0.15) is 0 Å². The van der Waals surface area contributed by atoms with Gasteiger partial charge >= 0.3 is 0 Å². The summed E-state index contributed by atoms with van der Waals surface area (Å²) in [5.74, 6) is -0.900. The van der Waals surface area contributed by atoms with Gasteiger partial charge in [-0.3, -0.25) is 19.3 Å². The highest BCUT2D eigenvalue weighted by Crippen LogP contribution is 2.31. The first-order valence-corrected chi connectivity index (χ1v) is 6.88. The van der Waals surface area contributed by atoms with Crippen molar-refractivity contribution in [3.8, 4) is 0 Å². The van der Waals surface area contributed by atoms with Gasteiger partial charge in [-0.2, -0.15) is 0 Å². The highest BCUT2D eigenvalue weighted by Gasteiger charge is 2.41. The van der Waals surface area contributed by atoms with Crippen molar-refractivity contribution < 1.29 is 14.4 Å². The predicted molar refractivity (Wildman–Crippen MR) is 77.3 cm³/mol. The Hall–Kier alpha value is -2.02. The van der Waals surface area contributed by atoms with Crippen LogP contribution >= 0.6 is 11.8 Å². The number of carbonyl (C=O) groups is 3. The molecule has 0 unspecified atom stereocenters. The molecule has 1 fully saturated rings. The Morgan fingerprint density at radius 3 is 2.40 bits per heavy atom. The zero-order valence-corrected chi connectivity index (χ0v) is 12.0. The molecule has 0 bridgehead atoms. The molecule has 1 saturated heterocycles. The SMILES string of the molecule is Cc1ccc(N(CC(N)=O)[C@H]2SC(=O)N(C)C2=O)cc1. The molecule has 0 aliphatic carbocycles. The van der Waals surface area contributed by atoms with Crippen molar-refractivity contribution in [1.82, 2.24) is 4.90 Å². The number of rotatable bonds is 4. The number of primary amides is 1. The van der Waals surface area contributed by atoms with Crippen LogP contribution in [0.3, 0.4) is 0 Å². The average Bonchev–Trinajstić information content (AvgIpc) is 2.65. The van der Waals surface area contributed by atoms with Gasteiger partial charge in [-0.15, -0.1) is 0 Å². The molecule has 0 radical (unpaired) electrons. The van der Waals surface area contributed by atoms with Crippen LogP contribution in [0.5, 0.6) is 0 Å². The van der Waals surface area contributed by atoms with Gasteiger partial charge in [0.2, 0.25) is 5.91 Å². The fourth-order valence-electron chi connectivity index (χ4n) is 1.89. The number of anilines is 1. The number of aryl methyl sites for hydroxylation is 1. The maximum Gasteiger partial charge on any atom is 0.290 e. The highest BCUT2D eigenvalue weighted by atomic mass is 32.2. The number of likely N-dealkylation sites (N-methyl/N-ethyl adjacent to an activating group) is 1.